The molecular weight excluding hydrogens is 324 g/mol. The molecule has 24 heavy (non-hydrogen) atoms. The van der Waals surface area contributed by atoms with Crippen molar-refractivity contribution in [1.82, 2.24) is 9.47 Å². The van der Waals surface area contributed by atoms with Crippen LogP contribution < -0.4 is 0 Å². The van der Waals surface area contributed by atoms with E-state index in [4.69, 9.17) is 4.74 Å². The zero-order valence-corrected chi connectivity index (χ0v) is 14.6. The first-order valence-corrected chi connectivity index (χ1v) is 9.17. The molecule has 1 aliphatic heterocycles. The highest BCUT2D eigenvalue weighted by atomic mass is 32.1. The second-order valence-electron chi connectivity index (χ2n) is 6.04. The normalized spacial score (nSPS) is 15.5. The summed E-state index contributed by atoms with van der Waals surface area (Å²) in [6.45, 7) is 1.48. The Morgan fingerprint density at radius 1 is 1.29 bits per heavy atom. The van der Waals surface area contributed by atoms with Crippen LogP contribution >= 0.6 is 11.3 Å². The Hall–Kier alpha value is -2.08. The van der Waals surface area contributed by atoms with Gasteiger partial charge in [-0.25, -0.2) is 4.79 Å². The van der Waals surface area contributed by atoms with E-state index in [1.54, 1.807) is 17.4 Å². The van der Waals surface area contributed by atoms with Crippen LogP contribution in [0.5, 0.6) is 0 Å². The fourth-order valence-electron chi connectivity index (χ4n) is 3.23. The molecule has 5 nitrogen and oxygen atoms in total. The molecule has 0 saturated carbocycles. The van der Waals surface area contributed by atoms with Crippen LogP contribution in [0.25, 0.3) is 0 Å². The summed E-state index contributed by atoms with van der Waals surface area (Å²) in [5.41, 5.74) is 1.82. The minimum absolute atomic E-state index is 0.223. The minimum Gasteiger partial charge on any atom is -0.464 e. The number of aryl methyl sites for hydroxylation is 1. The first-order chi connectivity index (χ1) is 11.7. The summed E-state index contributed by atoms with van der Waals surface area (Å²) in [5.74, 6) is -0.0883. The maximum absolute atomic E-state index is 12.4. The van der Waals surface area contributed by atoms with E-state index in [-0.39, 0.29) is 17.9 Å². The Morgan fingerprint density at radius 2 is 2.08 bits per heavy atom. The van der Waals surface area contributed by atoms with Crippen molar-refractivity contribution in [3.05, 3.63) is 46.4 Å². The lowest BCUT2D eigenvalue weighted by molar-refractivity contribution is -0.132. The monoisotopic (exact) mass is 346 g/mol. The van der Waals surface area contributed by atoms with Crippen LogP contribution in [-0.4, -0.2) is 41.5 Å². The number of carbonyl (C=O) groups is 2. The molecule has 6 heteroatoms. The Labute approximate surface area is 145 Å². The highest BCUT2D eigenvalue weighted by Crippen LogP contribution is 2.25. The molecule has 3 heterocycles. The first-order valence-electron chi connectivity index (χ1n) is 8.23. The molecular formula is C18H22N2O3S. The third-order valence-corrected chi connectivity index (χ3v) is 5.32. The molecule has 1 aliphatic rings. The van der Waals surface area contributed by atoms with E-state index in [1.807, 2.05) is 27.1 Å². The van der Waals surface area contributed by atoms with Crippen molar-refractivity contribution in [2.24, 2.45) is 0 Å². The van der Waals surface area contributed by atoms with Gasteiger partial charge in [0.2, 0.25) is 5.91 Å². The second-order valence-corrected chi connectivity index (χ2v) is 6.82. The number of ether oxygens (including phenoxy) is 1. The van der Waals surface area contributed by atoms with Gasteiger partial charge in [-0.05, 0) is 53.8 Å². The quantitative estimate of drug-likeness (QED) is 0.782. The highest BCUT2D eigenvalue weighted by Gasteiger charge is 2.25. The van der Waals surface area contributed by atoms with Gasteiger partial charge < -0.3 is 14.2 Å². The molecule has 1 saturated heterocycles. The molecule has 2 aromatic rings. The van der Waals surface area contributed by atoms with Crippen molar-refractivity contribution in [2.75, 3.05) is 20.2 Å². The number of thiophene rings is 1. The van der Waals surface area contributed by atoms with E-state index >= 15 is 0 Å². The molecule has 2 aromatic heterocycles. The standard InChI is InChI=1S/C18H22N2O3S/c1-23-18(22)16-3-2-9-20(16)15-6-10-19(11-7-15)17(21)5-4-14-8-12-24-13-14/h2-3,8-9,12-13,15H,4-7,10-11H2,1H3. The number of nitrogens with zero attached hydrogens (tertiary/aromatic N) is 2. The average molecular weight is 346 g/mol. The Bertz CT molecular complexity index is 685. The van der Waals surface area contributed by atoms with Gasteiger partial charge in [0, 0.05) is 31.7 Å². The number of esters is 1. The number of methoxy groups -OCH3 is 1. The number of hydrogen-bond donors (Lipinski definition) is 0. The molecule has 0 atom stereocenters. The molecule has 0 aromatic carbocycles. The van der Waals surface area contributed by atoms with Crippen molar-refractivity contribution < 1.29 is 14.3 Å². The lowest BCUT2D eigenvalue weighted by Crippen LogP contribution is -2.39. The summed E-state index contributed by atoms with van der Waals surface area (Å²) >= 11 is 1.67. The van der Waals surface area contributed by atoms with Crippen molar-refractivity contribution >= 4 is 23.2 Å². The molecule has 0 N–H and O–H groups in total. The van der Waals surface area contributed by atoms with Crippen LogP contribution in [0.15, 0.2) is 35.2 Å². The van der Waals surface area contributed by atoms with Crippen LogP contribution in [0.3, 0.4) is 0 Å². The maximum Gasteiger partial charge on any atom is 0.354 e. The number of amides is 1. The zero-order valence-electron chi connectivity index (χ0n) is 13.8. The van der Waals surface area contributed by atoms with Gasteiger partial charge in [0.05, 0.1) is 7.11 Å². The number of rotatable bonds is 5. The van der Waals surface area contributed by atoms with Gasteiger partial charge >= 0.3 is 5.97 Å². The lowest BCUT2D eigenvalue weighted by Gasteiger charge is -2.33. The zero-order chi connectivity index (χ0) is 16.9. The fourth-order valence-corrected chi connectivity index (χ4v) is 3.93. The summed E-state index contributed by atoms with van der Waals surface area (Å²) in [7, 11) is 1.40. The van der Waals surface area contributed by atoms with E-state index in [9.17, 15) is 9.59 Å². The second kappa shape index (κ2) is 7.66. The lowest BCUT2D eigenvalue weighted by atomic mass is 10.0. The van der Waals surface area contributed by atoms with E-state index in [0.29, 0.717) is 12.1 Å². The highest BCUT2D eigenvalue weighted by molar-refractivity contribution is 7.07. The van der Waals surface area contributed by atoms with Crippen molar-refractivity contribution in [3.8, 4) is 0 Å². The van der Waals surface area contributed by atoms with E-state index < -0.39 is 0 Å². The number of likely N-dealkylation sites (tertiary alicyclic amines) is 1. The van der Waals surface area contributed by atoms with E-state index in [1.165, 1.54) is 12.7 Å². The van der Waals surface area contributed by atoms with Crippen LogP contribution in [-0.2, 0) is 16.0 Å². The fraction of sp³-hybridized carbons (Fsp3) is 0.444. The van der Waals surface area contributed by atoms with Gasteiger partial charge in [0.1, 0.15) is 5.69 Å². The van der Waals surface area contributed by atoms with Gasteiger partial charge in [-0.3, -0.25) is 4.79 Å². The van der Waals surface area contributed by atoms with Crippen molar-refractivity contribution in [2.45, 2.75) is 31.7 Å². The molecule has 0 aliphatic carbocycles. The topological polar surface area (TPSA) is 51.5 Å². The van der Waals surface area contributed by atoms with Crippen LogP contribution in [0.2, 0.25) is 0 Å². The number of piperidine rings is 1. The Morgan fingerprint density at radius 3 is 2.75 bits per heavy atom. The smallest absolute Gasteiger partial charge is 0.354 e. The SMILES string of the molecule is COC(=O)c1cccn1C1CCN(C(=O)CCc2ccsc2)CC1. The third-order valence-electron chi connectivity index (χ3n) is 4.59. The van der Waals surface area contributed by atoms with Crippen LogP contribution in [0.1, 0.15) is 41.4 Å². The van der Waals surface area contributed by atoms with Crippen LogP contribution in [0.4, 0.5) is 0 Å². The molecule has 128 valence electrons. The van der Waals surface area contributed by atoms with E-state index in [0.717, 1.165) is 32.4 Å². The first kappa shape index (κ1) is 16.8. The molecule has 0 bridgehead atoms. The summed E-state index contributed by atoms with van der Waals surface area (Å²) in [4.78, 5) is 26.1. The molecule has 1 amide bonds. The number of carbonyl (C=O) groups excluding carboxylic acids is 2. The summed E-state index contributed by atoms with van der Waals surface area (Å²) < 4.78 is 6.81. The maximum atomic E-state index is 12.4. The predicted octanol–water partition coefficient (Wildman–Crippen LogP) is 3.13. The van der Waals surface area contributed by atoms with Gasteiger partial charge in [-0.15, -0.1) is 0 Å². The molecule has 1 fully saturated rings. The Balaban J connectivity index is 1.53. The number of hydrogen-bond acceptors (Lipinski definition) is 4. The van der Waals surface area contributed by atoms with Gasteiger partial charge in [0.25, 0.3) is 0 Å². The van der Waals surface area contributed by atoms with Gasteiger partial charge in [0.15, 0.2) is 0 Å². The largest absolute Gasteiger partial charge is 0.464 e. The molecule has 0 spiro atoms. The molecule has 0 radical (unpaired) electrons. The average Bonchev–Trinajstić information content (AvgIpc) is 3.30. The predicted molar refractivity (Wildman–Crippen MR) is 93.3 cm³/mol. The summed E-state index contributed by atoms with van der Waals surface area (Å²) in [6, 6.07) is 5.97. The molecule has 3 rings (SSSR count). The van der Waals surface area contributed by atoms with Gasteiger partial charge in [-0.1, -0.05) is 0 Å². The van der Waals surface area contributed by atoms with Crippen LogP contribution in [0, 0.1) is 0 Å². The minimum atomic E-state index is -0.311. The molecule has 0 unspecified atom stereocenters. The van der Waals surface area contributed by atoms with Gasteiger partial charge in [-0.2, -0.15) is 11.3 Å². The van der Waals surface area contributed by atoms with Crippen molar-refractivity contribution in [3.63, 3.8) is 0 Å². The van der Waals surface area contributed by atoms with Crippen molar-refractivity contribution in [1.29, 1.82) is 0 Å². The van der Waals surface area contributed by atoms with E-state index in [2.05, 4.69) is 11.4 Å². The number of aromatic nitrogens is 1. The Kier molecular flexibility index (Phi) is 5.35. The summed E-state index contributed by atoms with van der Waals surface area (Å²) in [6.07, 6.45) is 5.03. The third kappa shape index (κ3) is 3.70. The summed E-state index contributed by atoms with van der Waals surface area (Å²) in [5, 5.41) is 4.14.